The van der Waals surface area contributed by atoms with Crippen LogP contribution in [-0.2, 0) is 26.2 Å². The zero-order valence-electron chi connectivity index (χ0n) is 19.2. The van der Waals surface area contributed by atoms with Crippen molar-refractivity contribution in [3.63, 3.8) is 0 Å². The van der Waals surface area contributed by atoms with E-state index in [4.69, 9.17) is 9.47 Å². The molecule has 0 bridgehead atoms. The molecular formula is C26H26N2O6. The van der Waals surface area contributed by atoms with Crippen LogP contribution in [0.2, 0.25) is 0 Å². The molecule has 176 valence electrons. The van der Waals surface area contributed by atoms with Crippen molar-refractivity contribution in [1.82, 2.24) is 5.32 Å². The zero-order chi connectivity index (χ0) is 24.7. The van der Waals surface area contributed by atoms with Crippen molar-refractivity contribution in [2.75, 3.05) is 14.2 Å². The van der Waals surface area contributed by atoms with Gasteiger partial charge in [-0.3, -0.25) is 14.9 Å². The number of hydrogen-bond donors (Lipinski definition) is 1. The summed E-state index contributed by atoms with van der Waals surface area (Å²) in [5, 5.41) is 14.1. The van der Waals surface area contributed by atoms with Crippen molar-refractivity contribution in [1.29, 1.82) is 0 Å². The first-order valence-corrected chi connectivity index (χ1v) is 10.6. The van der Waals surface area contributed by atoms with Gasteiger partial charge in [0, 0.05) is 24.1 Å². The molecule has 1 N–H and O–H groups in total. The molecule has 3 aromatic rings. The van der Waals surface area contributed by atoms with Crippen molar-refractivity contribution < 1.29 is 24.0 Å². The minimum absolute atomic E-state index is 0.0527. The predicted molar refractivity (Wildman–Crippen MR) is 127 cm³/mol. The first-order chi connectivity index (χ1) is 16.3. The number of carbonyl (C=O) groups excluding carboxylic acids is 2. The van der Waals surface area contributed by atoms with Gasteiger partial charge in [0.25, 0.3) is 5.69 Å². The fraction of sp³-hybridized carbons (Fsp3) is 0.231. The molecule has 0 aliphatic carbocycles. The van der Waals surface area contributed by atoms with E-state index in [2.05, 4.69) is 5.32 Å². The van der Waals surface area contributed by atoms with Crippen LogP contribution in [0.4, 0.5) is 5.69 Å². The summed E-state index contributed by atoms with van der Waals surface area (Å²) in [5.74, 6) is -0.724. The summed E-state index contributed by atoms with van der Waals surface area (Å²) in [5.41, 5.74) is 0.629. The molecule has 8 heteroatoms. The van der Waals surface area contributed by atoms with E-state index in [-0.39, 0.29) is 12.1 Å². The predicted octanol–water partition coefficient (Wildman–Crippen LogP) is 3.81. The molecule has 3 rings (SSSR count). The van der Waals surface area contributed by atoms with E-state index in [0.717, 1.165) is 11.1 Å². The van der Waals surface area contributed by atoms with Gasteiger partial charge in [-0.15, -0.1) is 0 Å². The molecular weight excluding hydrogens is 436 g/mol. The van der Waals surface area contributed by atoms with Crippen molar-refractivity contribution in [3.8, 4) is 5.75 Å². The summed E-state index contributed by atoms with van der Waals surface area (Å²) in [6.45, 7) is 1.79. The van der Waals surface area contributed by atoms with Crippen LogP contribution in [0.3, 0.4) is 0 Å². The number of carbonyl (C=O) groups is 2. The van der Waals surface area contributed by atoms with E-state index in [1.54, 1.807) is 6.92 Å². The maximum atomic E-state index is 13.8. The van der Waals surface area contributed by atoms with Gasteiger partial charge >= 0.3 is 5.97 Å². The van der Waals surface area contributed by atoms with E-state index in [0.29, 0.717) is 11.3 Å². The number of nitrogens with zero attached hydrogens (tertiary/aromatic N) is 1. The van der Waals surface area contributed by atoms with Crippen LogP contribution < -0.4 is 10.1 Å². The molecule has 0 aliphatic rings. The second-order valence-electron chi connectivity index (χ2n) is 7.86. The number of hydrogen-bond acceptors (Lipinski definition) is 6. The van der Waals surface area contributed by atoms with Crippen LogP contribution in [0.15, 0.2) is 78.9 Å². The molecule has 3 aromatic carbocycles. The minimum Gasteiger partial charge on any atom is -0.496 e. The van der Waals surface area contributed by atoms with E-state index in [1.165, 1.54) is 32.4 Å². The second kappa shape index (κ2) is 10.6. The third-order valence-electron chi connectivity index (χ3n) is 5.85. The standard InChI is InChI=1S/C26H26N2O6/c1-26(19-10-6-4-7-11-19,20-12-8-5-9-13-20)25(30)27-22(24(29)34-3)17-18-16-21(28(31)32)14-15-23(18)33-2/h4-16,22H,17H2,1-3H3,(H,27,30)/t22-/m0/s1. The Bertz CT molecular complexity index is 1120. The van der Waals surface area contributed by atoms with Gasteiger partial charge in [0.1, 0.15) is 11.8 Å². The van der Waals surface area contributed by atoms with Crippen molar-refractivity contribution in [2.24, 2.45) is 0 Å². The molecule has 0 saturated carbocycles. The summed E-state index contributed by atoms with van der Waals surface area (Å²) in [4.78, 5) is 37.1. The third-order valence-corrected chi connectivity index (χ3v) is 5.85. The van der Waals surface area contributed by atoms with Crippen LogP contribution in [-0.4, -0.2) is 37.1 Å². The number of ether oxygens (including phenoxy) is 2. The molecule has 0 heterocycles. The Morgan fingerprint density at radius 3 is 2.00 bits per heavy atom. The maximum absolute atomic E-state index is 13.8. The number of benzene rings is 3. The van der Waals surface area contributed by atoms with E-state index in [1.807, 2.05) is 60.7 Å². The van der Waals surface area contributed by atoms with Gasteiger partial charge in [0.15, 0.2) is 0 Å². The molecule has 0 aromatic heterocycles. The van der Waals surface area contributed by atoms with Gasteiger partial charge in [-0.25, -0.2) is 4.79 Å². The van der Waals surface area contributed by atoms with Crippen LogP contribution in [0.25, 0.3) is 0 Å². The molecule has 0 fully saturated rings. The summed E-state index contributed by atoms with van der Waals surface area (Å²) in [6.07, 6.45) is -0.0527. The van der Waals surface area contributed by atoms with Crippen molar-refractivity contribution in [3.05, 3.63) is 106 Å². The molecule has 34 heavy (non-hydrogen) atoms. The topological polar surface area (TPSA) is 108 Å². The Morgan fingerprint density at radius 1 is 0.971 bits per heavy atom. The Kier molecular flexibility index (Phi) is 7.63. The fourth-order valence-electron chi connectivity index (χ4n) is 3.87. The average molecular weight is 463 g/mol. The number of rotatable bonds is 9. The highest BCUT2D eigenvalue weighted by molar-refractivity contribution is 5.94. The van der Waals surface area contributed by atoms with Crippen LogP contribution in [0, 0.1) is 10.1 Å². The lowest BCUT2D eigenvalue weighted by Crippen LogP contribution is -2.51. The second-order valence-corrected chi connectivity index (χ2v) is 7.86. The van der Waals surface area contributed by atoms with Gasteiger partial charge < -0.3 is 14.8 Å². The van der Waals surface area contributed by atoms with E-state index < -0.39 is 28.3 Å². The van der Waals surface area contributed by atoms with Gasteiger partial charge in [-0.1, -0.05) is 60.7 Å². The molecule has 0 saturated heterocycles. The minimum atomic E-state index is -1.11. The van der Waals surface area contributed by atoms with Crippen molar-refractivity contribution >= 4 is 17.6 Å². The fourth-order valence-corrected chi connectivity index (χ4v) is 3.87. The molecule has 1 atom stereocenters. The lowest BCUT2D eigenvalue weighted by Gasteiger charge is -2.31. The summed E-state index contributed by atoms with van der Waals surface area (Å²) in [7, 11) is 2.65. The lowest BCUT2D eigenvalue weighted by atomic mass is 9.75. The molecule has 0 aliphatic heterocycles. The third kappa shape index (κ3) is 5.06. The number of non-ortho nitro benzene ring substituents is 1. The molecule has 0 radical (unpaired) electrons. The summed E-state index contributed by atoms with van der Waals surface area (Å²) < 4.78 is 10.3. The summed E-state index contributed by atoms with van der Waals surface area (Å²) >= 11 is 0. The highest BCUT2D eigenvalue weighted by Crippen LogP contribution is 2.33. The number of nitro groups is 1. The molecule has 8 nitrogen and oxygen atoms in total. The van der Waals surface area contributed by atoms with Gasteiger partial charge in [-0.05, 0) is 24.1 Å². The van der Waals surface area contributed by atoms with E-state index >= 15 is 0 Å². The van der Waals surface area contributed by atoms with Crippen LogP contribution >= 0.6 is 0 Å². The number of methoxy groups -OCH3 is 2. The SMILES string of the molecule is COC(=O)[C@H](Cc1cc([N+](=O)[O-])ccc1OC)NC(=O)C(C)(c1ccccc1)c1ccccc1. The van der Waals surface area contributed by atoms with Gasteiger partial charge in [0.2, 0.25) is 5.91 Å². The van der Waals surface area contributed by atoms with Crippen LogP contribution in [0.5, 0.6) is 5.75 Å². The molecule has 0 unspecified atom stereocenters. The first-order valence-electron chi connectivity index (χ1n) is 10.6. The quantitative estimate of drug-likeness (QED) is 0.294. The van der Waals surface area contributed by atoms with E-state index in [9.17, 15) is 19.7 Å². The Labute approximate surface area is 197 Å². The zero-order valence-corrected chi connectivity index (χ0v) is 19.2. The monoisotopic (exact) mass is 462 g/mol. The Morgan fingerprint density at radius 2 is 1.53 bits per heavy atom. The van der Waals surface area contributed by atoms with Gasteiger partial charge in [-0.2, -0.15) is 0 Å². The van der Waals surface area contributed by atoms with Crippen LogP contribution in [0.1, 0.15) is 23.6 Å². The number of amides is 1. The Balaban J connectivity index is 2.00. The van der Waals surface area contributed by atoms with Crippen molar-refractivity contribution in [2.45, 2.75) is 24.8 Å². The normalized spacial score (nSPS) is 11.9. The average Bonchev–Trinajstić information content (AvgIpc) is 2.88. The Hall–Kier alpha value is -4.20. The highest BCUT2D eigenvalue weighted by atomic mass is 16.6. The number of nitro benzene ring substituents is 1. The smallest absolute Gasteiger partial charge is 0.328 e. The lowest BCUT2D eigenvalue weighted by molar-refractivity contribution is -0.384. The first kappa shape index (κ1) is 24.4. The number of esters is 1. The summed E-state index contributed by atoms with van der Waals surface area (Å²) in [6, 6.07) is 21.5. The van der Waals surface area contributed by atoms with Gasteiger partial charge in [0.05, 0.1) is 24.6 Å². The molecule has 1 amide bonds. The highest BCUT2D eigenvalue weighted by Gasteiger charge is 2.39. The largest absolute Gasteiger partial charge is 0.496 e. The molecule has 0 spiro atoms. The maximum Gasteiger partial charge on any atom is 0.328 e. The number of nitrogens with one attached hydrogen (secondary N) is 1.